The van der Waals surface area contributed by atoms with Crippen molar-refractivity contribution < 1.29 is 45.4 Å². The summed E-state index contributed by atoms with van der Waals surface area (Å²) < 4.78 is 63.8. The number of hydrogen-bond acceptors (Lipinski definition) is 10. The van der Waals surface area contributed by atoms with Gasteiger partial charge < -0.3 is 5.11 Å². The van der Waals surface area contributed by atoms with Gasteiger partial charge in [0.2, 0.25) is 5.88 Å². The molecule has 5 N–H and O–H groups in total. The number of aromatic amines is 1. The van der Waals surface area contributed by atoms with Crippen molar-refractivity contribution in [2.75, 3.05) is 4.90 Å². The molecule has 1 aliphatic rings. The lowest BCUT2D eigenvalue weighted by Crippen LogP contribution is -2.54. The highest BCUT2D eigenvalue weighted by atomic mass is 32.2. The van der Waals surface area contributed by atoms with Crippen molar-refractivity contribution in [3.05, 3.63) is 92.7 Å². The third kappa shape index (κ3) is 5.75. The quantitative estimate of drug-likeness (QED) is 0.141. The van der Waals surface area contributed by atoms with Gasteiger partial charge in [-0.2, -0.15) is 16.8 Å². The summed E-state index contributed by atoms with van der Waals surface area (Å²) >= 11 is 0. The molecule has 0 atom stereocenters. The second-order valence-corrected chi connectivity index (χ2v) is 11.0. The molecule has 18 heteroatoms. The lowest BCUT2D eigenvalue weighted by molar-refractivity contribution is -0.122. The molecule has 1 aromatic heterocycles. The van der Waals surface area contributed by atoms with E-state index in [1.165, 1.54) is 0 Å². The Morgan fingerprint density at radius 2 is 1.27 bits per heavy atom. The van der Waals surface area contributed by atoms with Gasteiger partial charge >= 0.3 is 11.7 Å². The monoisotopic (exact) mass is 604 g/mol. The summed E-state index contributed by atoms with van der Waals surface area (Å²) in [7, 11) is -9.10. The standard InChI is InChI=1S/C23H16N4O12S2/c28-18-16(20(30)26(22(32)24-18)12-4-8-14(9-5-12)40(34,35)36)2-1-3-17-19(29)25-23(33)27(21(17)31)13-6-10-15(11-7-13)41(37,38)39/h1-11,30H,(H,24,28,32)(H,25,29,33)(H,34,35,36)(H,37,38,39). The number of aromatic hydroxyl groups is 1. The highest BCUT2D eigenvalue weighted by molar-refractivity contribution is 7.86. The number of carbonyl (C=O) groups excluding carboxylic acids is 3. The minimum Gasteiger partial charge on any atom is -0.494 e. The van der Waals surface area contributed by atoms with Crippen molar-refractivity contribution in [3.63, 3.8) is 0 Å². The molecule has 1 fully saturated rings. The number of H-pyrrole nitrogens is 1. The first-order valence-corrected chi connectivity index (χ1v) is 13.8. The van der Waals surface area contributed by atoms with Crippen molar-refractivity contribution in [2.24, 2.45) is 0 Å². The van der Waals surface area contributed by atoms with Crippen LogP contribution in [-0.4, -0.2) is 58.4 Å². The maximum Gasteiger partial charge on any atom is 0.335 e. The van der Waals surface area contributed by atoms with Gasteiger partial charge in [-0.1, -0.05) is 6.08 Å². The fourth-order valence-corrected chi connectivity index (χ4v) is 4.57. The van der Waals surface area contributed by atoms with Crippen molar-refractivity contribution in [2.45, 2.75) is 9.79 Å². The van der Waals surface area contributed by atoms with Crippen LogP contribution in [0, 0.1) is 0 Å². The highest BCUT2D eigenvalue weighted by Gasteiger charge is 2.36. The number of allylic oxidation sites excluding steroid dienone is 2. The van der Waals surface area contributed by atoms with E-state index in [1.807, 2.05) is 10.3 Å². The van der Waals surface area contributed by atoms with Crippen LogP contribution in [0.4, 0.5) is 10.5 Å². The van der Waals surface area contributed by atoms with Crippen LogP contribution < -0.4 is 21.5 Å². The van der Waals surface area contributed by atoms with E-state index in [1.54, 1.807) is 0 Å². The summed E-state index contributed by atoms with van der Waals surface area (Å²) in [6, 6.07) is 6.78. The molecule has 0 spiro atoms. The van der Waals surface area contributed by atoms with Crippen molar-refractivity contribution >= 4 is 49.8 Å². The van der Waals surface area contributed by atoms with Crippen LogP contribution in [-0.2, 0) is 29.8 Å². The topological polar surface area (TPSA) is 250 Å². The number of rotatable bonds is 6. The summed E-state index contributed by atoms with van der Waals surface area (Å²) in [5, 5.41) is 12.5. The third-order valence-electron chi connectivity index (χ3n) is 5.53. The van der Waals surface area contributed by atoms with Crippen LogP contribution in [0.5, 0.6) is 5.88 Å². The molecule has 1 aliphatic heterocycles. The van der Waals surface area contributed by atoms with E-state index in [9.17, 15) is 45.9 Å². The van der Waals surface area contributed by atoms with Crippen molar-refractivity contribution in [3.8, 4) is 11.6 Å². The van der Waals surface area contributed by atoms with Crippen LogP contribution >= 0.6 is 0 Å². The minimum absolute atomic E-state index is 0.0971. The molecule has 41 heavy (non-hydrogen) atoms. The van der Waals surface area contributed by atoms with Gasteiger partial charge in [-0.05, 0) is 60.7 Å². The summed E-state index contributed by atoms with van der Waals surface area (Å²) in [6.07, 6.45) is 2.83. The molecule has 2 aromatic carbocycles. The van der Waals surface area contributed by atoms with Crippen LogP contribution in [0.15, 0.2) is 85.6 Å². The molecule has 16 nitrogen and oxygen atoms in total. The number of aromatic nitrogens is 2. The van der Waals surface area contributed by atoms with E-state index in [0.29, 0.717) is 9.47 Å². The van der Waals surface area contributed by atoms with E-state index in [4.69, 9.17) is 9.11 Å². The zero-order valence-electron chi connectivity index (χ0n) is 20.1. The Morgan fingerprint density at radius 3 is 1.78 bits per heavy atom. The highest BCUT2D eigenvalue weighted by Crippen LogP contribution is 2.23. The molecular weight excluding hydrogens is 588 g/mol. The number of amides is 4. The van der Waals surface area contributed by atoms with E-state index in [0.717, 1.165) is 66.8 Å². The van der Waals surface area contributed by atoms with Crippen LogP contribution in [0.2, 0.25) is 0 Å². The number of barbiturate groups is 1. The van der Waals surface area contributed by atoms with Crippen LogP contribution in [0.1, 0.15) is 5.56 Å². The van der Waals surface area contributed by atoms with E-state index < -0.39 is 76.1 Å². The molecule has 212 valence electrons. The molecule has 0 unspecified atom stereocenters. The SMILES string of the molecule is O=C1NC(=O)N(c2ccc(S(=O)(=O)O)cc2)C(=O)C1=CC=Cc1c(O)n(-c2ccc(S(=O)(=O)O)cc2)c(=O)[nH]c1=O. The third-order valence-corrected chi connectivity index (χ3v) is 7.27. The molecule has 2 heterocycles. The Morgan fingerprint density at radius 1 is 0.756 bits per heavy atom. The van der Waals surface area contributed by atoms with Gasteiger partial charge in [0, 0.05) is 0 Å². The Hall–Kier alpha value is -5.17. The second-order valence-electron chi connectivity index (χ2n) is 8.11. The number of nitrogens with one attached hydrogen (secondary N) is 2. The second kappa shape index (κ2) is 10.4. The molecule has 4 amide bonds. The van der Waals surface area contributed by atoms with Gasteiger partial charge in [-0.3, -0.25) is 33.8 Å². The first-order chi connectivity index (χ1) is 19.1. The first-order valence-electron chi connectivity index (χ1n) is 10.9. The van der Waals surface area contributed by atoms with E-state index in [-0.39, 0.29) is 11.4 Å². The lowest BCUT2D eigenvalue weighted by Gasteiger charge is -2.26. The Kier molecular flexibility index (Phi) is 7.33. The van der Waals surface area contributed by atoms with E-state index >= 15 is 0 Å². The smallest absolute Gasteiger partial charge is 0.335 e. The van der Waals surface area contributed by atoms with Gasteiger partial charge in [0.25, 0.3) is 37.6 Å². The van der Waals surface area contributed by atoms with Crippen LogP contribution in [0.3, 0.4) is 0 Å². The Bertz CT molecular complexity index is 2010. The number of anilines is 1. The van der Waals surface area contributed by atoms with Crippen molar-refractivity contribution in [1.29, 1.82) is 0 Å². The maximum atomic E-state index is 12.9. The Labute approximate surface area is 229 Å². The first kappa shape index (κ1) is 28.8. The molecule has 1 saturated heterocycles. The zero-order chi connectivity index (χ0) is 30.3. The predicted molar refractivity (Wildman–Crippen MR) is 139 cm³/mol. The number of imide groups is 2. The van der Waals surface area contributed by atoms with Gasteiger partial charge in [-0.15, -0.1) is 0 Å². The minimum atomic E-state index is -4.56. The fourth-order valence-electron chi connectivity index (χ4n) is 3.61. The average molecular weight is 605 g/mol. The average Bonchev–Trinajstić information content (AvgIpc) is 2.87. The van der Waals surface area contributed by atoms with E-state index in [2.05, 4.69) is 0 Å². The summed E-state index contributed by atoms with van der Waals surface area (Å²) in [6.45, 7) is 0. The summed E-state index contributed by atoms with van der Waals surface area (Å²) in [4.78, 5) is 63.7. The van der Waals surface area contributed by atoms with Gasteiger partial charge in [0.1, 0.15) is 11.1 Å². The van der Waals surface area contributed by atoms with Gasteiger partial charge in [-0.25, -0.2) is 19.1 Å². The molecule has 0 saturated carbocycles. The molecule has 4 rings (SSSR count). The lowest BCUT2D eigenvalue weighted by atomic mass is 10.1. The fraction of sp³-hybridized carbons (Fsp3) is 0. The number of hydrogen-bond donors (Lipinski definition) is 5. The largest absolute Gasteiger partial charge is 0.494 e. The summed E-state index contributed by atoms with van der Waals surface area (Å²) in [5.41, 5.74) is -3.53. The number of carbonyl (C=O) groups is 3. The molecule has 3 aromatic rings. The van der Waals surface area contributed by atoms with Gasteiger partial charge in [0.05, 0.1) is 21.2 Å². The normalized spacial score (nSPS) is 15.5. The molecular formula is C23H16N4O12S2. The number of nitrogens with zero attached hydrogens (tertiary/aromatic N) is 2. The summed E-state index contributed by atoms with van der Waals surface area (Å²) in [5.74, 6) is -3.15. The molecule has 0 bridgehead atoms. The number of urea groups is 1. The Balaban J connectivity index is 1.69. The predicted octanol–water partition coefficient (Wildman–Crippen LogP) is -0.0526. The molecule has 0 aliphatic carbocycles. The van der Waals surface area contributed by atoms with Crippen LogP contribution in [0.25, 0.3) is 11.8 Å². The van der Waals surface area contributed by atoms with Crippen molar-refractivity contribution in [1.82, 2.24) is 14.9 Å². The number of benzene rings is 2. The zero-order valence-corrected chi connectivity index (χ0v) is 21.7. The molecule has 0 radical (unpaired) electrons. The maximum absolute atomic E-state index is 12.9. The van der Waals surface area contributed by atoms with Gasteiger partial charge in [0.15, 0.2) is 0 Å².